The average molecular weight is 344 g/mol. The summed E-state index contributed by atoms with van der Waals surface area (Å²) < 4.78 is 34.0. The van der Waals surface area contributed by atoms with Gasteiger partial charge in [-0.15, -0.1) is 0 Å². The van der Waals surface area contributed by atoms with E-state index in [4.69, 9.17) is 27.5 Å². The van der Waals surface area contributed by atoms with Crippen LogP contribution < -0.4 is 14.2 Å². The van der Waals surface area contributed by atoms with Crippen LogP contribution in [-0.2, 0) is 19.3 Å². The zero-order valence-electron chi connectivity index (χ0n) is 14.9. The van der Waals surface area contributed by atoms with E-state index in [0.29, 0.717) is 43.1 Å². The van der Waals surface area contributed by atoms with E-state index in [1.807, 2.05) is 32.9 Å². The molecule has 0 aliphatic carbocycles. The molecule has 0 fully saturated rings. The number of hydrogen-bond acceptors (Lipinski definition) is 6. The van der Waals surface area contributed by atoms with Crippen LogP contribution in [0.3, 0.4) is 0 Å². The monoisotopic (exact) mass is 344 g/mol. The molecule has 0 aliphatic rings. The van der Waals surface area contributed by atoms with Gasteiger partial charge in [-0.3, -0.25) is 0 Å². The first kappa shape index (κ1) is 19.8. The van der Waals surface area contributed by atoms with Crippen molar-refractivity contribution in [2.75, 3.05) is 41.2 Å². The van der Waals surface area contributed by atoms with E-state index in [2.05, 4.69) is 0 Å². The molecular weight excluding hydrogens is 316 g/mol. The van der Waals surface area contributed by atoms with E-state index < -0.39 is 8.80 Å². The van der Waals surface area contributed by atoms with Crippen molar-refractivity contribution < 1.29 is 27.5 Å². The fourth-order valence-electron chi connectivity index (χ4n) is 2.47. The van der Waals surface area contributed by atoms with Gasteiger partial charge in [0.1, 0.15) is 0 Å². The molecule has 0 bridgehead atoms. The number of hydrogen-bond donors (Lipinski definition) is 0. The highest BCUT2D eigenvalue weighted by molar-refractivity contribution is 6.60. The molecule has 132 valence electrons. The van der Waals surface area contributed by atoms with Crippen molar-refractivity contribution in [3.63, 3.8) is 0 Å². The van der Waals surface area contributed by atoms with Crippen LogP contribution in [0.1, 0.15) is 26.3 Å². The predicted octanol–water partition coefficient (Wildman–Crippen LogP) is 2.84. The van der Waals surface area contributed by atoms with Crippen LogP contribution in [0.2, 0.25) is 0 Å². The molecule has 23 heavy (non-hydrogen) atoms. The van der Waals surface area contributed by atoms with Crippen molar-refractivity contribution >= 4 is 8.80 Å². The summed E-state index contributed by atoms with van der Waals surface area (Å²) in [6.45, 7) is 7.40. The quantitative estimate of drug-likeness (QED) is 0.575. The Bertz CT molecular complexity index is 463. The van der Waals surface area contributed by atoms with Gasteiger partial charge in [0.25, 0.3) is 0 Å². The Morgan fingerprint density at radius 1 is 0.739 bits per heavy atom. The maximum absolute atomic E-state index is 5.91. The number of methoxy groups -OCH3 is 3. The lowest BCUT2D eigenvalue weighted by molar-refractivity contribution is 0.0702. The fourth-order valence-corrected chi connectivity index (χ4v) is 5.09. The topological polar surface area (TPSA) is 55.4 Å². The van der Waals surface area contributed by atoms with Crippen LogP contribution in [0, 0.1) is 0 Å². The lowest BCUT2D eigenvalue weighted by Crippen LogP contribution is -2.48. The van der Waals surface area contributed by atoms with Crippen LogP contribution in [0.5, 0.6) is 17.2 Å². The van der Waals surface area contributed by atoms with E-state index in [9.17, 15) is 0 Å². The zero-order chi connectivity index (χ0) is 17.3. The van der Waals surface area contributed by atoms with Gasteiger partial charge in [-0.1, -0.05) is 6.07 Å². The van der Waals surface area contributed by atoms with Crippen molar-refractivity contribution in [1.29, 1.82) is 0 Å². The van der Waals surface area contributed by atoms with Gasteiger partial charge in [-0.2, -0.15) is 0 Å². The molecule has 1 aromatic carbocycles. The minimum Gasteiger partial charge on any atom is -0.493 e. The molecule has 1 aromatic rings. The first-order valence-electron chi connectivity index (χ1n) is 7.80. The van der Waals surface area contributed by atoms with Crippen molar-refractivity contribution in [2.24, 2.45) is 0 Å². The second-order valence-corrected chi connectivity index (χ2v) is 7.24. The van der Waals surface area contributed by atoms with Crippen molar-refractivity contribution in [3.8, 4) is 17.2 Å². The Hall–Kier alpha value is -1.28. The van der Waals surface area contributed by atoms with Crippen LogP contribution in [0.4, 0.5) is 0 Å². The smallest absolute Gasteiger partial charge is 0.493 e. The van der Waals surface area contributed by atoms with Crippen molar-refractivity contribution in [1.82, 2.24) is 0 Å². The third-order valence-electron chi connectivity index (χ3n) is 3.29. The Morgan fingerprint density at radius 3 is 1.65 bits per heavy atom. The molecule has 1 rings (SSSR count). The average Bonchev–Trinajstić information content (AvgIpc) is 2.55. The van der Waals surface area contributed by atoms with Gasteiger partial charge in [0, 0.05) is 31.4 Å². The molecule has 0 aliphatic heterocycles. The van der Waals surface area contributed by atoms with Crippen LogP contribution >= 0.6 is 0 Å². The van der Waals surface area contributed by atoms with Gasteiger partial charge < -0.3 is 27.5 Å². The van der Waals surface area contributed by atoms with Gasteiger partial charge in [-0.25, -0.2) is 0 Å². The summed E-state index contributed by atoms with van der Waals surface area (Å²) in [7, 11) is 1.96. The molecule has 0 heterocycles. The zero-order valence-corrected chi connectivity index (χ0v) is 15.9. The first-order chi connectivity index (χ1) is 11.1. The number of ether oxygens (including phenoxy) is 3. The van der Waals surface area contributed by atoms with Gasteiger partial charge in [-0.05, 0) is 26.8 Å². The van der Waals surface area contributed by atoms with Crippen LogP contribution in [0.15, 0.2) is 12.1 Å². The summed E-state index contributed by atoms with van der Waals surface area (Å²) in [4.78, 5) is 0. The maximum atomic E-state index is 5.91. The minimum absolute atomic E-state index is 0.506. The summed E-state index contributed by atoms with van der Waals surface area (Å²) in [5.41, 5.74) is 0.909. The Balaban J connectivity index is 3.26. The molecular formula is C16H28O6Si. The molecule has 7 heteroatoms. The maximum Gasteiger partial charge on any atom is 0.505 e. The van der Waals surface area contributed by atoms with Crippen molar-refractivity contribution in [3.05, 3.63) is 17.7 Å². The highest BCUT2D eigenvalue weighted by Gasteiger charge is 2.42. The first-order valence-corrected chi connectivity index (χ1v) is 9.74. The molecule has 0 aromatic heterocycles. The summed E-state index contributed by atoms with van der Waals surface area (Å²) in [5, 5.41) is 0. The summed E-state index contributed by atoms with van der Waals surface area (Å²) in [5.74, 6) is 1.78. The van der Waals surface area contributed by atoms with E-state index >= 15 is 0 Å². The number of rotatable bonds is 11. The van der Waals surface area contributed by atoms with Gasteiger partial charge in [0.15, 0.2) is 11.5 Å². The summed E-state index contributed by atoms with van der Waals surface area (Å²) in [6, 6.07) is 4.28. The van der Waals surface area contributed by atoms with Crippen LogP contribution in [-0.4, -0.2) is 50.0 Å². The molecule has 0 unspecified atom stereocenters. The molecule has 0 atom stereocenters. The third-order valence-corrected chi connectivity index (χ3v) is 6.28. The highest BCUT2D eigenvalue weighted by atomic mass is 28.4. The van der Waals surface area contributed by atoms with Crippen molar-refractivity contribution in [2.45, 2.75) is 26.8 Å². The van der Waals surface area contributed by atoms with Gasteiger partial charge in [0.2, 0.25) is 5.75 Å². The lowest BCUT2D eigenvalue weighted by Gasteiger charge is -2.29. The normalized spacial score (nSPS) is 11.4. The Labute approximate surface area is 140 Å². The standard InChI is InChI=1S/C16H28O6Si/c1-7-20-23(21-8-2,22-9-3)12-13-10-11-14(17-4)16(19-6)15(13)18-5/h10-11H,7-9,12H2,1-6H3. The molecule has 0 spiro atoms. The minimum atomic E-state index is -2.82. The third kappa shape index (κ3) is 4.84. The van der Waals surface area contributed by atoms with E-state index in [1.165, 1.54) is 0 Å². The van der Waals surface area contributed by atoms with E-state index in [0.717, 1.165) is 5.56 Å². The molecule has 6 nitrogen and oxygen atoms in total. The highest BCUT2D eigenvalue weighted by Crippen LogP contribution is 2.41. The lowest BCUT2D eigenvalue weighted by atomic mass is 10.2. The SMILES string of the molecule is CCO[Si](Cc1ccc(OC)c(OC)c1OC)(OCC)OCC. The van der Waals surface area contributed by atoms with E-state index in [-0.39, 0.29) is 0 Å². The molecule has 0 saturated heterocycles. The molecule has 0 N–H and O–H groups in total. The van der Waals surface area contributed by atoms with Crippen LogP contribution in [0.25, 0.3) is 0 Å². The Morgan fingerprint density at radius 2 is 1.26 bits per heavy atom. The van der Waals surface area contributed by atoms with E-state index in [1.54, 1.807) is 21.3 Å². The molecule has 0 amide bonds. The van der Waals surface area contributed by atoms with Gasteiger partial charge in [0.05, 0.1) is 21.3 Å². The summed E-state index contributed by atoms with van der Waals surface area (Å²) in [6.07, 6.45) is 0. The van der Waals surface area contributed by atoms with Gasteiger partial charge >= 0.3 is 8.80 Å². The summed E-state index contributed by atoms with van der Waals surface area (Å²) >= 11 is 0. The Kier molecular flexibility index (Phi) is 8.39. The largest absolute Gasteiger partial charge is 0.505 e. The predicted molar refractivity (Wildman–Crippen MR) is 90.4 cm³/mol. The number of benzene rings is 1. The molecule has 0 radical (unpaired) electrons. The fraction of sp³-hybridized carbons (Fsp3) is 0.625. The molecule has 0 saturated carbocycles. The second-order valence-electron chi connectivity index (χ2n) is 4.65. The second kappa shape index (κ2) is 9.77.